The van der Waals surface area contributed by atoms with Gasteiger partial charge >= 0.3 is 0 Å². The van der Waals surface area contributed by atoms with Crippen LogP contribution in [0.25, 0.3) is 0 Å². The van der Waals surface area contributed by atoms with Gasteiger partial charge in [0.1, 0.15) is 11.5 Å². The predicted octanol–water partition coefficient (Wildman–Crippen LogP) is 4.70. The molecule has 3 aromatic carbocycles. The van der Waals surface area contributed by atoms with Crippen molar-refractivity contribution in [2.75, 3.05) is 15.4 Å². The fraction of sp³-hybridized carbons (Fsp3) is 0.130. The Labute approximate surface area is 190 Å². The molecule has 1 saturated heterocycles. The number of para-hydroxylation sites is 1. The van der Waals surface area contributed by atoms with E-state index in [1.54, 1.807) is 31.2 Å². The van der Waals surface area contributed by atoms with Crippen molar-refractivity contribution in [1.29, 1.82) is 0 Å². The number of nitrogens with zero attached hydrogens (tertiary/aromatic N) is 1. The van der Waals surface area contributed by atoms with Crippen molar-refractivity contribution in [3.8, 4) is 11.5 Å². The summed E-state index contributed by atoms with van der Waals surface area (Å²) in [5, 5.41) is 2.85. The van der Waals surface area contributed by atoms with Crippen molar-refractivity contribution >= 4 is 44.8 Å². The molecular formula is C23H19ClN2O5S. The second-order valence-corrected chi connectivity index (χ2v) is 9.61. The predicted molar refractivity (Wildman–Crippen MR) is 123 cm³/mol. The highest BCUT2D eigenvalue weighted by Crippen LogP contribution is 2.31. The molecule has 9 heteroatoms. The van der Waals surface area contributed by atoms with E-state index < -0.39 is 27.8 Å². The maximum absolute atomic E-state index is 12.8. The van der Waals surface area contributed by atoms with E-state index in [0.29, 0.717) is 17.2 Å². The lowest BCUT2D eigenvalue weighted by Gasteiger charge is -2.17. The van der Waals surface area contributed by atoms with Crippen LogP contribution < -0.4 is 14.4 Å². The minimum Gasteiger partial charge on any atom is -0.457 e. The summed E-state index contributed by atoms with van der Waals surface area (Å²) < 4.78 is 31.2. The summed E-state index contributed by atoms with van der Waals surface area (Å²) in [6, 6.07) is 20.1. The Morgan fingerprint density at radius 1 is 1.03 bits per heavy atom. The molecule has 4 rings (SSSR count). The Bertz CT molecular complexity index is 1280. The molecule has 1 aliphatic heterocycles. The number of carbonyl (C=O) groups is 2. The van der Waals surface area contributed by atoms with Crippen LogP contribution in [0.4, 0.5) is 11.4 Å². The Morgan fingerprint density at radius 2 is 1.69 bits per heavy atom. The van der Waals surface area contributed by atoms with Crippen LogP contribution in [-0.4, -0.2) is 26.0 Å². The first-order valence-corrected chi connectivity index (χ1v) is 11.7. The van der Waals surface area contributed by atoms with Gasteiger partial charge in [-0.3, -0.25) is 9.59 Å². The first-order valence-electron chi connectivity index (χ1n) is 9.75. The van der Waals surface area contributed by atoms with Crippen LogP contribution >= 0.6 is 11.6 Å². The van der Waals surface area contributed by atoms with E-state index in [9.17, 15) is 18.0 Å². The minimum absolute atomic E-state index is 0.0522. The molecular weight excluding hydrogens is 452 g/mol. The average Bonchev–Trinajstić information content (AvgIpc) is 2.97. The highest BCUT2D eigenvalue weighted by molar-refractivity contribution is 7.94. The number of nitrogens with one attached hydrogen (secondary N) is 1. The maximum Gasteiger partial charge on any atom is 0.257 e. The zero-order valence-electron chi connectivity index (χ0n) is 17.0. The third-order valence-electron chi connectivity index (χ3n) is 4.88. The van der Waals surface area contributed by atoms with Gasteiger partial charge in [-0.05, 0) is 54.6 Å². The van der Waals surface area contributed by atoms with Crippen LogP contribution in [0.15, 0.2) is 72.8 Å². The van der Waals surface area contributed by atoms with Crippen LogP contribution in [0.2, 0.25) is 5.02 Å². The Balaban J connectivity index is 1.52. The Kier molecular flexibility index (Phi) is 5.90. The SMILES string of the molecule is CC1CS(=O)(=O)N(c2ccc(Cl)c(C(=O)Nc3ccc(Oc4ccccc4)cc3)c2)C1=O. The van der Waals surface area contributed by atoms with E-state index >= 15 is 0 Å². The third-order valence-corrected chi connectivity index (χ3v) is 7.08. The summed E-state index contributed by atoms with van der Waals surface area (Å²) in [7, 11) is -3.79. The van der Waals surface area contributed by atoms with Gasteiger partial charge in [-0.1, -0.05) is 36.7 Å². The average molecular weight is 471 g/mol. The molecule has 1 fully saturated rings. The van der Waals surface area contributed by atoms with Crippen molar-refractivity contribution in [3.05, 3.63) is 83.4 Å². The van der Waals surface area contributed by atoms with Gasteiger partial charge in [0.2, 0.25) is 15.9 Å². The number of rotatable bonds is 5. The first-order chi connectivity index (χ1) is 15.2. The van der Waals surface area contributed by atoms with Crippen molar-refractivity contribution in [2.45, 2.75) is 6.92 Å². The minimum atomic E-state index is -3.79. The molecule has 0 aliphatic carbocycles. The van der Waals surface area contributed by atoms with Crippen molar-refractivity contribution in [2.24, 2.45) is 5.92 Å². The van der Waals surface area contributed by atoms with Gasteiger partial charge in [-0.15, -0.1) is 0 Å². The summed E-state index contributed by atoms with van der Waals surface area (Å²) in [6.07, 6.45) is 0. The molecule has 7 nitrogen and oxygen atoms in total. The molecule has 3 aromatic rings. The zero-order valence-corrected chi connectivity index (χ0v) is 18.6. The zero-order chi connectivity index (χ0) is 22.9. The second-order valence-electron chi connectivity index (χ2n) is 7.34. The number of anilines is 2. The summed E-state index contributed by atoms with van der Waals surface area (Å²) >= 11 is 6.18. The van der Waals surface area contributed by atoms with Gasteiger partial charge < -0.3 is 10.1 Å². The van der Waals surface area contributed by atoms with Crippen LogP contribution in [0, 0.1) is 5.92 Å². The molecule has 1 N–H and O–H groups in total. The molecule has 32 heavy (non-hydrogen) atoms. The molecule has 0 bridgehead atoms. The monoisotopic (exact) mass is 470 g/mol. The fourth-order valence-corrected chi connectivity index (χ4v) is 5.35. The molecule has 0 radical (unpaired) electrons. The van der Waals surface area contributed by atoms with Crippen molar-refractivity contribution < 1.29 is 22.7 Å². The quantitative estimate of drug-likeness (QED) is 0.583. The highest BCUT2D eigenvalue weighted by atomic mass is 35.5. The molecule has 0 spiro atoms. The van der Waals surface area contributed by atoms with E-state index in [-0.39, 0.29) is 22.0 Å². The number of ether oxygens (including phenoxy) is 1. The van der Waals surface area contributed by atoms with Crippen LogP contribution in [-0.2, 0) is 14.8 Å². The van der Waals surface area contributed by atoms with Gasteiger partial charge in [0.05, 0.1) is 27.9 Å². The third kappa shape index (κ3) is 4.46. The lowest BCUT2D eigenvalue weighted by Crippen LogP contribution is -2.30. The fourth-order valence-electron chi connectivity index (χ4n) is 3.33. The standard InChI is InChI=1S/C23H19ClN2O5S/c1-15-14-32(29,30)26(23(15)28)17-9-12-21(24)20(13-17)22(27)25-16-7-10-19(11-8-16)31-18-5-3-2-4-6-18/h2-13,15H,14H2,1H3,(H,25,27). The molecule has 1 atom stereocenters. The van der Waals surface area contributed by atoms with Gasteiger partial charge in [-0.2, -0.15) is 0 Å². The maximum atomic E-state index is 12.8. The normalized spacial score (nSPS) is 17.2. The second kappa shape index (κ2) is 8.64. The first kappa shape index (κ1) is 21.9. The lowest BCUT2D eigenvalue weighted by atomic mass is 10.1. The number of hydrogen-bond acceptors (Lipinski definition) is 5. The van der Waals surface area contributed by atoms with Gasteiger partial charge in [0, 0.05) is 5.69 Å². The number of amides is 2. The number of carbonyl (C=O) groups excluding carboxylic acids is 2. The van der Waals surface area contributed by atoms with E-state index in [1.165, 1.54) is 18.2 Å². The molecule has 1 heterocycles. The van der Waals surface area contributed by atoms with E-state index in [1.807, 2.05) is 30.3 Å². The molecule has 0 aromatic heterocycles. The Morgan fingerprint density at radius 3 is 2.31 bits per heavy atom. The molecule has 0 saturated carbocycles. The largest absolute Gasteiger partial charge is 0.457 e. The number of hydrogen-bond donors (Lipinski definition) is 1. The van der Waals surface area contributed by atoms with Crippen LogP contribution in [0.3, 0.4) is 0 Å². The number of benzene rings is 3. The number of halogens is 1. The summed E-state index contributed by atoms with van der Waals surface area (Å²) in [5.74, 6) is -0.703. The highest BCUT2D eigenvalue weighted by Gasteiger charge is 2.42. The summed E-state index contributed by atoms with van der Waals surface area (Å²) in [4.78, 5) is 25.1. The smallest absolute Gasteiger partial charge is 0.257 e. The topological polar surface area (TPSA) is 92.8 Å². The number of sulfonamides is 1. The van der Waals surface area contributed by atoms with Crippen molar-refractivity contribution in [1.82, 2.24) is 0 Å². The van der Waals surface area contributed by atoms with Gasteiger partial charge in [0.25, 0.3) is 5.91 Å². The molecule has 1 aliphatic rings. The van der Waals surface area contributed by atoms with E-state index in [4.69, 9.17) is 16.3 Å². The lowest BCUT2D eigenvalue weighted by molar-refractivity contribution is -0.119. The van der Waals surface area contributed by atoms with Gasteiger partial charge in [-0.25, -0.2) is 12.7 Å². The van der Waals surface area contributed by atoms with E-state index in [0.717, 1.165) is 4.31 Å². The molecule has 1 unspecified atom stereocenters. The van der Waals surface area contributed by atoms with Crippen molar-refractivity contribution in [3.63, 3.8) is 0 Å². The van der Waals surface area contributed by atoms with Crippen LogP contribution in [0.5, 0.6) is 11.5 Å². The molecule has 2 amide bonds. The van der Waals surface area contributed by atoms with E-state index in [2.05, 4.69) is 5.32 Å². The molecule has 164 valence electrons. The summed E-state index contributed by atoms with van der Waals surface area (Å²) in [6.45, 7) is 1.55. The van der Waals surface area contributed by atoms with Crippen LogP contribution in [0.1, 0.15) is 17.3 Å². The Hall–Kier alpha value is -3.36. The summed E-state index contributed by atoms with van der Waals surface area (Å²) in [5.41, 5.74) is 0.632. The van der Waals surface area contributed by atoms with Gasteiger partial charge in [0.15, 0.2) is 0 Å².